The van der Waals surface area contributed by atoms with Gasteiger partial charge >= 0.3 is 0 Å². The number of thiazole rings is 1. The van der Waals surface area contributed by atoms with Crippen molar-refractivity contribution < 1.29 is 13.2 Å². The Kier molecular flexibility index (Phi) is 5.55. The van der Waals surface area contributed by atoms with E-state index in [1.165, 1.54) is 0 Å². The third-order valence-corrected chi connectivity index (χ3v) is 5.29. The Morgan fingerprint density at radius 3 is 2.50 bits per heavy atom. The molecule has 0 aliphatic carbocycles. The summed E-state index contributed by atoms with van der Waals surface area (Å²) in [5.74, 6) is 0.661. The molecule has 0 spiro atoms. The first kappa shape index (κ1) is 16.9. The SMILES string of the molecule is Cc1ncc(CCNS(=O)(=O)c2ccc(OC(C)C)cc2)s1. The first-order valence-electron chi connectivity index (χ1n) is 7.04. The van der Waals surface area contributed by atoms with E-state index in [0.29, 0.717) is 18.7 Å². The van der Waals surface area contributed by atoms with E-state index < -0.39 is 10.0 Å². The maximum Gasteiger partial charge on any atom is 0.240 e. The van der Waals surface area contributed by atoms with E-state index >= 15 is 0 Å². The Morgan fingerprint density at radius 2 is 1.95 bits per heavy atom. The predicted molar refractivity (Wildman–Crippen MR) is 87.9 cm³/mol. The molecule has 7 heteroatoms. The molecule has 0 saturated heterocycles. The average molecular weight is 340 g/mol. The smallest absolute Gasteiger partial charge is 0.240 e. The number of benzene rings is 1. The number of rotatable bonds is 7. The van der Waals surface area contributed by atoms with Gasteiger partial charge in [0.2, 0.25) is 10.0 Å². The highest BCUT2D eigenvalue weighted by Crippen LogP contribution is 2.17. The largest absolute Gasteiger partial charge is 0.491 e. The molecule has 0 fully saturated rings. The normalized spacial score (nSPS) is 11.8. The zero-order valence-corrected chi connectivity index (χ0v) is 14.5. The standard InChI is InChI=1S/C15H20N2O3S2/c1-11(2)20-13-4-6-15(7-5-13)22(18,19)17-9-8-14-10-16-12(3)21-14/h4-7,10-11,17H,8-9H2,1-3H3. The van der Waals surface area contributed by atoms with Crippen LogP contribution in [0.5, 0.6) is 5.75 Å². The van der Waals surface area contributed by atoms with Gasteiger partial charge in [0, 0.05) is 17.6 Å². The molecule has 1 aromatic heterocycles. The molecule has 0 bridgehead atoms. The van der Waals surface area contributed by atoms with Crippen LogP contribution in [-0.2, 0) is 16.4 Å². The van der Waals surface area contributed by atoms with Gasteiger partial charge in [0.05, 0.1) is 16.0 Å². The minimum atomic E-state index is -3.49. The van der Waals surface area contributed by atoms with E-state index in [2.05, 4.69) is 9.71 Å². The lowest BCUT2D eigenvalue weighted by atomic mass is 10.3. The van der Waals surface area contributed by atoms with Crippen LogP contribution < -0.4 is 9.46 Å². The molecule has 0 unspecified atom stereocenters. The van der Waals surface area contributed by atoms with Gasteiger partial charge < -0.3 is 4.74 Å². The van der Waals surface area contributed by atoms with Crippen molar-refractivity contribution in [1.29, 1.82) is 0 Å². The third-order valence-electron chi connectivity index (χ3n) is 2.84. The number of aryl methyl sites for hydroxylation is 1. The second-order valence-corrected chi connectivity index (χ2v) is 8.22. The molecular formula is C15H20N2O3S2. The zero-order valence-electron chi connectivity index (χ0n) is 12.9. The summed E-state index contributed by atoms with van der Waals surface area (Å²) in [7, 11) is -3.49. The number of hydrogen-bond acceptors (Lipinski definition) is 5. The summed E-state index contributed by atoms with van der Waals surface area (Å²) in [6, 6.07) is 6.44. The maximum atomic E-state index is 12.2. The number of hydrogen-bond donors (Lipinski definition) is 1. The molecule has 2 aromatic rings. The molecule has 1 heterocycles. The van der Waals surface area contributed by atoms with Gasteiger partial charge in [-0.05, 0) is 51.5 Å². The summed E-state index contributed by atoms with van der Waals surface area (Å²) in [6.45, 7) is 6.13. The van der Waals surface area contributed by atoms with Crippen molar-refractivity contribution in [2.24, 2.45) is 0 Å². The second-order valence-electron chi connectivity index (χ2n) is 5.13. The molecule has 22 heavy (non-hydrogen) atoms. The molecular weight excluding hydrogens is 320 g/mol. The van der Waals surface area contributed by atoms with E-state index in [4.69, 9.17) is 4.74 Å². The highest BCUT2D eigenvalue weighted by atomic mass is 32.2. The van der Waals surface area contributed by atoms with Crippen LogP contribution in [0.4, 0.5) is 0 Å². The Balaban J connectivity index is 1.94. The van der Waals surface area contributed by atoms with Gasteiger partial charge in [-0.15, -0.1) is 11.3 Å². The van der Waals surface area contributed by atoms with E-state index in [1.807, 2.05) is 20.8 Å². The quantitative estimate of drug-likeness (QED) is 0.841. The summed E-state index contributed by atoms with van der Waals surface area (Å²) in [6.07, 6.45) is 2.48. The minimum absolute atomic E-state index is 0.0587. The van der Waals surface area contributed by atoms with Crippen LogP contribution in [0.25, 0.3) is 0 Å². The van der Waals surface area contributed by atoms with Crippen molar-refractivity contribution in [1.82, 2.24) is 9.71 Å². The lowest BCUT2D eigenvalue weighted by Gasteiger charge is -2.10. The highest BCUT2D eigenvalue weighted by molar-refractivity contribution is 7.89. The molecule has 0 saturated carbocycles. The molecule has 0 atom stereocenters. The van der Waals surface area contributed by atoms with Crippen LogP contribution in [0.1, 0.15) is 23.7 Å². The summed E-state index contributed by atoms with van der Waals surface area (Å²) >= 11 is 1.58. The molecule has 5 nitrogen and oxygen atoms in total. The average Bonchev–Trinajstić information content (AvgIpc) is 2.84. The summed E-state index contributed by atoms with van der Waals surface area (Å²) in [5.41, 5.74) is 0. The van der Waals surface area contributed by atoms with Crippen molar-refractivity contribution in [3.8, 4) is 5.75 Å². The fourth-order valence-electron chi connectivity index (χ4n) is 1.88. The number of nitrogens with zero attached hydrogens (tertiary/aromatic N) is 1. The van der Waals surface area contributed by atoms with Crippen LogP contribution in [0, 0.1) is 6.92 Å². The number of nitrogens with one attached hydrogen (secondary N) is 1. The van der Waals surface area contributed by atoms with Crippen molar-refractivity contribution in [2.45, 2.75) is 38.2 Å². The summed E-state index contributed by atoms with van der Waals surface area (Å²) in [4.78, 5) is 5.46. The third kappa shape index (κ3) is 4.79. The van der Waals surface area contributed by atoms with Crippen LogP contribution in [0.3, 0.4) is 0 Å². The van der Waals surface area contributed by atoms with Gasteiger partial charge in [0.25, 0.3) is 0 Å². The minimum Gasteiger partial charge on any atom is -0.491 e. The van der Waals surface area contributed by atoms with Crippen molar-refractivity contribution in [2.75, 3.05) is 6.54 Å². The zero-order chi connectivity index (χ0) is 16.2. The molecule has 1 N–H and O–H groups in total. The molecule has 0 aliphatic rings. The molecule has 1 aromatic carbocycles. The topological polar surface area (TPSA) is 68.3 Å². The van der Waals surface area contributed by atoms with E-state index in [0.717, 1.165) is 9.88 Å². The highest BCUT2D eigenvalue weighted by Gasteiger charge is 2.13. The van der Waals surface area contributed by atoms with E-state index in [-0.39, 0.29) is 11.0 Å². The van der Waals surface area contributed by atoms with Crippen LogP contribution >= 0.6 is 11.3 Å². The fourth-order valence-corrected chi connectivity index (χ4v) is 3.71. The second kappa shape index (κ2) is 7.21. The van der Waals surface area contributed by atoms with Crippen LogP contribution in [0.15, 0.2) is 35.4 Å². The van der Waals surface area contributed by atoms with Crippen molar-refractivity contribution >= 4 is 21.4 Å². The van der Waals surface area contributed by atoms with Gasteiger partial charge in [-0.2, -0.15) is 0 Å². The monoisotopic (exact) mass is 340 g/mol. The Bertz CT molecular complexity index is 707. The van der Waals surface area contributed by atoms with Crippen LogP contribution in [0.2, 0.25) is 0 Å². The molecule has 120 valence electrons. The van der Waals surface area contributed by atoms with E-state index in [1.54, 1.807) is 41.8 Å². The van der Waals surface area contributed by atoms with Gasteiger partial charge in [-0.3, -0.25) is 0 Å². The van der Waals surface area contributed by atoms with Gasteiger partial charge in [-0.1, -0.05) is 0 Å². The van der Waals surface area contributed by atoms with Crippen molar-refractivity contribution in [3.63, 3.8) is 0 Å². The summed E-state index contributed by atoms with van der Waals surface area (Å²) in [5, 5.41) is 0.985. The Morgan fingerprint density at radius 1 is 1.27 bits per heavy atom. The first-order valence-corrected chi connectivity index (χ1v) is 9.34. The summed E-state index contributed by atoms with van der Waals surface area (Å²) < 4.78 is 32.5. The predicted octanol–water partition coefficient (Wildman–Crippen LogP) is 2.76. The lowest BCUT2D eigenvalue weighted by molar-refractivity contribution is 0.242. The van der Waals surface area contributed by atoms with E-state index in [9.17, 15) is 8.42 Å². The first-order chi connectivity index (χ1) is 10.4. The van der Waals surface area contributed by atoms with Gasteiger partial charge in [0.15, 0.2) is 0 Å². The van der Waals surface area contributed by atoms with Crippen molar-refractivity contribution in [3.05, 3.63) is 40.3 Å². The van der Waals surface area contributed by atoms with Crippen LogP contribution in [-0.4, -0.2) is 26.1 Å². The molecule has 0 amide bonds. The fraction of sp³-hybridized carbons (Fsp3) is 0.400. The number of aromatic nitrogens is 1. The molecule has 0 radical (unpaired) electrons. The van der Waals surface area contributed by atoms with Gasteiger partial charge in [0.1, 0.15) is 5.75 Å². The maximum absolute atomic E-state index is 12.2. The Hall–Kier alpha value is -1.44. The number of ether oxygens (including phenoxy) is 1. The molecule has 2 rings (SSSR count). The Labute approximate surface area is 135 Å². The molecule has 0 aliphatic heterocycles. The number of sulfonamides is 1. The van der Waals surface area contributed by atoms with Gasteiger partial charge in [-0.25, -0.2) is 18.1 Å². The lowest BCUT2D eigenvalue weighted by Crippen LogP contribution is -2.25.